The maximum atomic E-state index is 11.5. The maximum absolute atomic E-state index is 11.5. The standard InChI is InChI=1S/C11H22ClNO2/c1-4-8-15-9-10(14)13-11(3,5-2)6-7-12/h4-9H2,1-3H3,(H,13,14). The summed E-state index contributed by atoms with van der Waals surface area (Å²) < 4.78 is 5.17. The Labute approximate surface area is 97.5 Å². The quantitative estimate of drug-likeness (QED) is 0.518. The van der Waals surface area contributed by atoms with Gasteiger partial charge in [0.05, 0.1) is 0 Å². The second kappa shape index (κ2) is 7.94. The minimum atomic E-state index is -0.200. The molecule has 0 spiro atoms. The molecule has 0 radical (unpaired) electrons. The van der Waals surface area contributed by atoms with E-state index in [1.165, 1.54) is 0 Å². The molecule has 1 atom stereocenters. The van der Waals surface area contributed by atoms with Crippen molar-refractivity contribution in [3.05, 3.63) is 0 Å². The van der Waals surface area contributed by atoms with Crippen LogP contribution in [0.3, 0.4) is 0 Å². The van der Waals surface area contributed by atoms with Crippen molar-refractivity contribution in [3.8, 4) is 0 Å². The third-order valence-corrected chi connectivity index (χ3v) is 2.64. The topological polar surface area (TPSA) is 38.3 Å². The van der Waals surface area contributed by atoms with Crippen molar-refractivity contribution < 1.29 is 9.53 Å². The third-order valence-electron chi connectivity index (χ3n) is 2.45. The molecule has 0 fully saturated rings. The lowest BCUT2D eigenvalue weighted by molar-refractivity contribution is -0.127. The molecule has 0 aliphatic heterocycles. The van der Waals surface area contributed by atoms with Gasteiger partial charge in [0.2, 0.25) is 5.91 Å². The van der Waals surface area contributed by atoms with Gasteiger partial charge >= 0.3 is 0 Å². The van der Waals surface area contributed by atoms with E-state index in [2.05, 4.69) is 5.32 Å². The van der Waals surface area contributed by atoms with Gasteiger partial charge < -0.3 is 10.1 Å². The number of amides is 1. The fraction of sp³-hybridized carbons (Fsp3) is 0.909. The summed E-state index contributed by atoms with van der Waals surface area (Å²) in [5, 5.41) is 2.95. The van der Waals surface area contributed by atoms with Gasteiger partial charge in [0.25, 0.3) is 0 Å². The highest BCUT2D eigenvalue weighted by atomic mass is 35.5. The molecule has 3 nitrogen and oxygen atoms in total. The van der Waals surface area contributed by atoms with E-state index in [1.807, 2.05) is 20.8 Å². The average molecular weight is 236 g/mol. The van der Waals surface area contributed by atoms with E-state index in [0.717, 1.165) is 19.3 Å². The van der Waals surface area contributed by atoms with Crippen LogP contribution in [0.2, 0.25) is 0 Å². The van der Waals surface area contributed by atoms with Crippen LogP contribution >= 0.6 is 11.6 Å². The van der Waals surface area contributed by atoms with Crippen molar-refractivity contribution in [2.75, 3.05) is 19.1 Å². The van der Waals surface area contributed by atoms with Gasteiger partial charge in [-0.2, -0.15) is 0 Å². The minimum absolute atomic E-state index is 0.0575. The molecular weight excluding hydrogens is 214 g/mol. The first-order chi connectivity index (χ1) is 7.08. The molecule has 15 heavy (non-hydrogen) atoms. The number of ether oxygens (including phenoxy) is 1. The van der Waals surface area contributed by atoms with Gasteiger partial charge in [-0.25, -0.2) is 0 Å². The van der Waals surface area contributed by atoms with Gasteiger partial charge in [-0.05, 0) is 26.2 Å². The van der Waals surface area contributed by atoms with E-state index in [9.17, 15) is 4.79 Å². The predicted molar refractivity (Wildman–Crippen MR) is 63.3 cm³/mol. The molecule has 0 aromatic rings. The monoisotopic (exact) mass is 235 g/mol. The molecule has 0 saturated carbocycles. The molecule has 0 aliphatic carbocycles. The smallest absolute Gasteiger partial charge is 0.246 e. The van der Waals surface area contributed by atoms with Crippen LogP contribution in [0.15, 0.2) is 0 Å². The molecule has 1 amide bonds. The van der Waals surface area contributed by atoms with E-state index < -0.39 is 0 Å². The number of nitrogens with one attached hydrogen (secondary N) is 1. The Morgan fingerprint density at radius 2 is 2.13 bits per heavy atom. The second-order valence-electron chi connectivity index (χ2n) is 3.95. The molecule has 0 aliphatic rings. The van der Waals surface area contributed by atoms with Gasteiger partial charge in [-0.1, -0.05) is 13.8 Å². The molecule has 90 valence electrons. The molecule has 1 N–H and O–H groups in total. The zero-order valence-electron chi connectivity index (χ0n) is 9.94. The number of hydrogen-bond acceptors (Lipinski definition) is 2. The van der Waals surface area contributed by atoms with Crippen molar-refractivity contribution >= 4 is 17.5 Å². The molecule has 0 saturated heterocycles. The summed E-state index contributed by atoms with van der Waals surface area (Å²) in [5.41, 5.74) is -0.200. The highest BCUT2D eigenvalue weighted by Gasteiger charge is 2.23. The van der Waals surface area contributed by atoms with E-state index in [-0.39, 0.29) is 18.1 Å². The Balaban J connectivity index is 3.90. The van der Waals surface area contributed by atoms with Gasteiger partial charge in [0.15, 0.2) is 0 Å². The highest BCUT2D eigenvalue weighted by Crippen LogP contribution is 2.14. The maximum Gasteiger partial charge on any atom is 0.246 e. The Morgan fingerprint density at radius 1 is 1.47 bits per heavy atom. The highest BCUT2D eigenvalue weighted by molar-refractivity contribution is 6.17. The first kappa shape index (κ1) is 14.7. The number of carbonyl (C=O) groups is 1. The predicted octanol–water partition coefficient (Wildman–Crippen LogP) is 2.33. The van der Waals surface area contributed by atoms with Crippen LogP contribution < -0.4 is 5.32 Å². The first-order valence-corrected chi connectivity index (χ1v) is 6.06. The van der Waals surface area contributed by atoms with E-state index >= 15 is 0 Å². The molecule has 0 heterocycles. The van der Waals surface area contributed by atoms with Crippen LogP contribution in [0.5, 0.6) is 0 Å². The van der Waals surface area contributed by atoms with Crippen molar-refractivity contribution in [1.29, 1.82) is 0 Å². The van der Waals surface area contributed by atoms with Crippen LogP contribution in [0.25, 0.3) is 0 Å². The number of halogens is 1. The fourth-order valence-corrected chi connectivity index (χ4v) is 1.64. The van der Waals surface area contributed by atoms with Gasteiger partial charge in [0, 0.05) is 18.0 Å². The van der Waals surface area contributed by atoms with Gasteiger partial charge in [-0.3, -0.25) is 4.79 Å². The van der Waals surface area contributed by atoms with Gasteiger partial charge in [-0.15, -0.1) is 11.6 Å². The summed E-state index contributed by atoms with van der Waals surface area (Å²) in [6, 6.07) is 0. The Hall–Kier alpha value is -0.280. The normalized spacial score (nSPS) is 14.7. The molecule has 0 aromatic heterocycles. The molecule has 0 rings (SSSR count). The summed E-state index contributed by atoms with van der Waals surface area (Å²) in [5.74, 6) is 0.499. The number of alkyl halides is 1. The van der Waals surface area contributed by atoms with Crippen LogP contribution in [0.4, 0.5) is 0 Å². The molecule has 4 heteroatoms. The van der Waals surface area contributed by atoms with Crippen molar-refractivity contribution in [2.24, 2.45) is 0 Å². The van der Waals surface area contributed by atoms with Crippen molar-refractivity contribution in [1.82, 2.24) is 5.32 Å². The zero-order chi connectivity index (χ0) is 11.7. The molecule has 0 bridgehead atoms. The number of carbonyl (C=O) groups excluding carboxylic acids is 1. The van der Waals surface area contributed by atoms with Crippen LogP contribution in [0.1, 0.15) is 40.0 Å². The van der Waals surface area contributed by atoms with Crippen molar-refractivity contribution in [2.45, 2.75) is 45.6 Å². The Morgan fingerprint density at radius 3 is 2.60 bits per heavy atom. The SMILES string of the molecule is CCCOCC(=O)NC(C)(CC)CCCl. The van der Waals surface area contributed by atoms with E-state index in [0.29, 0.717) is 12.5 Å². The lowest BCUT2D eigenvalue weighted by atomic mass is 9.95. The zero-order valence-corrected chi connectivity index (χ0v) is 10.7. The second-order valence-corrected chi connectivity index (χ2v) is 4.33. The van der Waals surface area contributed by atoms with Crippen LogP contribution in [-0.4, -0.2) is 30.5 Å². The van der Waals surface area contributed by atoms with E-state index in [4.69, 9.17) is 16.3 Å². The summed E-state index contributed by atoms with van der Waals surface area (Å²) in [4.78, 5) is 11.5. The Bertz CT molecular complexity index is 187. The third kappa shape index (κ3) is 6.74. The molecule has 1 unspecified atom stereocenters. The summed E-state index contributed by atoms with van der Waals surface area (Å²) in [6.07, 6.45) is 2.59. The summed E-state index contributed by atoms with van der Waals surface area (Å²) in [7, 11) is 0. The lowest BCUT2D eigenvalue weighted by Gasteiger charge is -2.28. The number of rotatable bonds is 8. The molecular formula is C11H22ClNO2. The lowest BCUT2D eigenvalue weighted by Crippen LogP contribution is -2.47. The van der Waals surface area contributed by atoms with Gasteiger partial charge in [0.1, 0.15) is 6.61 Å². The fourth-order valence-electron chi connectivity index (χ4n) is 1.22. The van der Waals surface area contributed by atoms with Crippen LogP contribution in [-0.2, 0) is 9.53 Å². The summed E-state index contributed by atoms with van der Waals surface area (Å²) >= 11 is 5.69. The van der Waals surface area contributed by atoms with E-state index in [1.54, 1.807) is 0 Å². The summed E-state index contributed by atoms with van der Waals surface area (Å²) in [6.45, 7) is 6.84. The Kier molecular flexibility index (Phi) is 7.79. The van der Waals surface area contributed by atoms with Crippen LogP contribution in [0, 0.1) is 0 Å². The molecule has 0 aromatic carbocycles. The largest absolute Gasteiger partial charge is 0.372 e. The minimum Gasteiger partial charge on any atom is -0.372 e. The number of hydrogen-bond donors (Lipinski definition) is 1. The van der Waals surface area contributed by atoms with Crippen molar-refractivity contribution in [3.63, 3.8) is 0 Å². The average Bonchev–Trinajstić information content (AvgIpc) is 2.18. The first-order valence-electron chi connectivity index (χ1n) is 5.52.